The Balaban J connectivity index is 1.98. The summed E-state index contributed by atoms with van der Waals surface area (Å²) in [6.07, 6.45) is 2.82. The molecular weight excluding hydrogens is 256 g/mol. The zero-order chi connectivity index (χ0) is 15.1. The van der Waals surface area contributed by atoms with Crippen LogP contribution >= 0.6 is 0 Å². The summed E-state index contributed by atoms with van der Waals surface area (Å²) in [7, 11) is 0. The lowest BCUT2D eigenvalue weighted by Crippen LogP contribution is -2.58. The maximum absolute atomic E-state index is 12.3. The third kappa shape index (κ3) is 2.91. The second-order valence-electron chi connectivity index (χ2n) is 7.60. The molecule has 0 spiro atoms. The molecule has 0 radical (unpaired) electrons. The highest BCUT2D eigenvalue weighted by Gasteiger charge is 2.47. The number of aliphatic carboxylic acids is 1. The lowest BCUT2D eigenvalue weighted by atomic mass is 9.76. The minimum atomic E-state index is -0.906. The molecule has 20 heavy (non-hydrogen) atoms. The predicted octanol–water partition coefficient (Wildman–Crippen LogP) is 2.32. The number of urea groups is 1. The molecule has 2 atom stereocenters. The van der Waals surface area contributed by atoms with E-state index in [4.69, 9.17) is 0 Å². The number of nitrogens with one attached hydrogen (secondary N) is 1. The molecule has 0 bridgehead atoms. The fraction of sp³-hybridized carbons (Fsp3) is 0.867. The SMILES string of the molecule is CC1(C)CC1CNC(=O)N1CCCC(C)(C)C1C(=O)O. The molecule has 1 heterocycles. The quantitative estimate of drug-likeness (QED) is 0.834. The highest BCUT2D eigenvalue weighted by molar-refractivity contribution is 5.83. The number of carboxylic acid groups (broad SMARTS) is 1. The molecule has 5 heteroatoms. The smallest absolute Gasteiger partial charge is 0.327 e. The Morgan fingerprint density at radius 2 is 1.85 bits per heavy atom. The van der Waals surface area contributed by atoms with Gasteiger partial charge in [-0.05, 0) is 36.0 Å². The van der Waals surface area contributed by atoms with Crippen LogP contribution in [0.5, 0.6) is 0 Å². The lowest BCUT2D eigenvalue weighted by Gasteiger charge is -2.43. The van der Waals surface area contributed by atoms with Gasteiger partial charge in [-0.2, -0.15) is 0 Å². The molecular formula is C15H26N2O3. The van der Waals surface area contributed by atoms with Crippen LogP contribution in [0.1, 0.15) is 47.0 Å². The molecule has 114 valence electrons. The molecule has 2 rings (SSSR count). The topological polar surface area (TPSA) is 69.6 Å². The van der Waals surface area contributed by atoms with Crippen LogP contribution in [-0.4, -0.2) is 41.1 Å². The normalized spacial score (nSPS) is 30.7. The van der Waals surface area contributed by atoms with Crippen molar-refractivity contribution in [2.75, 3.05) is 13.1 Å². The number of likely N-dealkylation sites (tertiary alicyclic amines) is 1. The molecule has 1 aliphatic carbocycles. The van der Waals surface area contributed by atoms with E-state index in [1.54, 1.807) is 0 Å². The Morgan fingerprint density at radius 1 is 1.25 bits per heavy atom. The van der Waals surface area contributed by atoms with Crippen molar-refractivity contribution in [3.63, 3.8) is 0 Å². The van der Waals surface area contributed by atoms with Gasteiger partial charge in [-0.15, -0.1) is 0 Å². The number of amides is 2. The van der Waals surface area contributed by atoms with E-state index in [1.807, 2.05) is 13.8 Å². The number of piperidine rings is 1. The molecule has 0 aromatic rings. The van der Waals surface area contributed by atoms with Crippen LogP contribution in [0.4, 0.5) is 4.79 Å². The molecule has 2 unspecified atom stereocenters. The third-order valence-electron chi connectivity index (χ3n) is 4.98. The Hall–Kier alpha value is -1.26. The van der Waals surface area contributed by atoms with E-state index in [0.29, 0.717) is 24.4 Å². The van der Waals surface area contributed by atoms with Crippen molar-refractivity contribution < 1.29 is 14.7 Å². The number of carboxylic acids is 1. The van der Waals surface area contributed by atoms with Crippen molar-refractivity contribution in [3.05, 3.63) is 0 Å². The van der Waals surface area contributed by atoms with Gasteiger partial charge in [0.25, 0.3) is 0 Å². The highest BCUT2D eigenvalue weighted by atomic mass is 16.4. The van der Waals surface area contributed by atoms with Crippen LogP contribution in [-0.2, 0) is 4.79 Å². The lowest BCUT2D eigenvalue weighted by molar-refractivity contribution is -0.148. The first-order chi connectivity index (χ1) is 9.15. The van der Waals surface area contributed by atoms with Gasteiger partial charge >= 0.3 is 12.0 Å². The van der Waals surface area contributed by atoms with E-state index in [0.717, 1.165) is 19.3 Å². The average molecular weight is 282 g/mol. The average Bonchev–Trinajstić information content (AvgIpc) is 2.91. The number of hydrogen-bond acceptors (Lipinski definition) is 2. The first-order valence-corrected chi connectivity index (χ1v) is 7.42. The van der Waals surface area contributed by atoms with E-state index in [2.05, 4.69) is 19.2 Å². The fourth-order valence-electron chi connectivity index (χ4n) is 3.32. The Morgan fingerprint density at radius 3 is 2.35 bits per heavy atom. The van der Waals surface area contributed by atoms with Gasteiger partial charge in [0, 0.05) is 13.1 Å². The predicted molar refractivity (Wildman–Crippen MR) is 76.4 cm³/mol. The maximum atomic E-state index is 12.3. The number of carbonyl (C=O) groups is 2. The minimum absolute atomic E-state index is 0.229. The van der Waals surface area contributed by atoms with E-state index in [-0.39, 0.29) is 11.4 Å². The molecule has 2 aliphatic rings. The van der Waals surface area contributed by atoms with E-state index < -0.39 is 12.0 Å². The van der Waals surface area contributed by atoms with Crippen LogP contribution in [0, 0.1) is 16.7 Å². The summed E-state index contributed by atoms with van der Waals surface area (Å²) < 4.78 is 0. The fourth-order valence-corrected chi connectivity index (χ4v) is 3.32. The Labute approximate surface area is 120 Å². The van der Waals surface area contributed by atoms with Gasteiger partial charge < -0.3 is 15.3 Å². The van der Waals surface area contributed by atoms with E-state index in [1.165, 1.54) is 4.90 Å². The molecule has 0 aromatic heterocycles. The van der Waals surface area contributed by atoms with Crippen molar-refractivity contribution in [2.45, 2.75) is 53.0 Å². The molecule has 1 saturated heterocycles. The molecule has 2 amide bonds. The van der Waals surface area contributed by atoms with Crippen LogP contribution in [0.2, 0.25) is 0 Å². The van der Waals surface area contributed by atoms with Gasteiger partial charge in [0.15, 0.2) is 0 Å². The summed E-state index contributed by atoms with van der Waals surface area (Å²) in [5.74, 6) is -0.385. The molecule has 0 aromatic carbocycles. The monoisotopic (exact) mass is 282 g/mol. The first kappa shape index (κ1) is 15.1. The molecule has 2 N–H and O–H groups in total. The maximum Gasteiger partial charge on any atom is 0.327 e. The zero-order valence-corrected chi connectivity index (χ0v) is 12.9. The van der Waals surface area contributed by atoms with Crippen molar-refractivity contribution in [2.24, 2.45) is 16.7 Å². The second kappa shape index (κ2) is 4.93. The molecule has 1 aliphatic heterocycles. The van der Waals surface area contributed by atoms with Gasteiger partial charge in [-0.1, -0.05) is 27.7 Å². The Kier molecular flexibility index (Phi) is 3.73. The summed E-state index contributed by atoms with van der Waals surface area (Å²) in [6, 6.07) is -0.962. The number of hydrogen-bond donors (Lipinski definition) is 2. The van der Waals surface area contributed by atoms with E-state index in [9.17, 15) is 14.7 Å². The largest absolute Gasteiger partial charge is 0.480 e. The number of rotatable bonds is 3. The highest BCUT2D eigenvalue weighted by Crippen LogP contribution is 2.51. The van der Waals surface area contributed by atoms with Gasteiger partial charge in [0.2, 0.25) is 0 Å². The summed E-state index contributed by atoms with van der Waals surface area (Å²) in [5.41, 5.74) is -0.0546. The van der Waals surface area contributed by atoms with Gasteiger partial charge in [0.1, 0.15) is 6.04 Å². The van der Waals surface area contributed by atoms with Crippen molar-refractivity contribution >= 4 is 12.0 Å². The first-order valence-electron chi connectivity index (χ1n) is 7.42. The van der Waals surface area contributed by atoms with Crippen molar-refractivity contribution in [1.82, 2.24) is 10.2 Å². The summed E-state index contributed by atoms with van der Waals surface area (Å²) in [5, 5.41) is 12.4. The van der Waals surface area contributed by atoms with Gasteiger partial charge in [-0.3, -0.25) is 0 Å². The van der Waals surface area contributed by atoms with Crippen molar-refractivity contribution in [1.29, 1.82) is 0 Å². The third-order valence-corrected chi connectivity index (χ3v) is 4.98. The number of carbonyl (C=O) groups excluding carboxylic acids is 1. The molecule has 2 fully saturated rings. The molecule has 1 saturated carbocycles. The summed E-state index contributed by atoms with van der Waals surface area (Å²) in [6.45, 7) is 9.40. The minimum Gasteiger partial charge on any atom is -0.480 e. The summed E-state index contributed by atoms with van der Waals surface area (Å²) >= 11 is 0. The van der Waals surface area contributed by atoms with Gasteiger partial charge in [0.05, 0.1) is 0 Å². The van der Waals surface area contributed by atoms with Crippen LogP contribution < -0.4 is 5.32 Å². The van der Waals surface area contributed by atoms with Crippen LogP contribution in [0.3, 0.4) is 0 Å². The molecule has 5 nitrogen and oxygen atoms in total. The number of nitrogens with zero attached hydrogens (tertiary/aromatic N) is 1. The van der Waals surface area contributed by atoms with Crippen LogP contribution in [0.25, 0.3) is 0 Å². The van der Waals surface area contributed by atoms with Crippen LogP contribution in [0.15, 0.2) is 0 Å². The summed E-state index contributed by atoms with van der Waals surface area (Å²) in [4.78, 5) is 25.3. The zero-order valence-electron chi connectivity index (χ0n) is 12.9. The standard InChI is InChI=1S/C15H26N2O3/c1-14(2)6-5-7-17(11(14)12(18)19)13(20)16-9-10-8-15(10,3)4/h10-11H,5-9H2,1-4H3,(H,16,20)(H,18,19). The van der Waals surface area contributed by atoms with E-state index >= 15 is 0 Å². The van der Waals surface area contributed by atoms with Gasteiger partial charge in [-0.25, -0.2) is 9.59 Å². The Bertz CT molecular complexity index is 417. The second-order valence-corrected chi connectivity index (χ2v) is 7.60. The van der Waals surface area contributed by atoms with Crippen molar-refractivity contribution in [3.8, 4) is 0 Å².